The van der Waals surface area contributed by atoms with Crippen molar-refractivity contribution in [3.63, 3.8) is 0 Å². The Morgan fingerprint density at radius 2 is 2.00 bits per heavy atom. The maximum atomic E-state index is 12.2. The molecule has 2 aromatic carbocycles. The first kappa shape index (κ1) is 17.4. The number of rotatable bonds is 4. The Morgan fingerprint density at radius 3 is 2.73 bits per heavy atom. The smallest absolute Gasteiger partial charge is 0.362 e. The van der Waals surface area contributed by atoms with E-state index < -0.39 is 11.6 Å². The van der Waals surface area contributed by atoms with Crippen LogP contribution in [0.5, 0.6) is 0 Å². The van der Waals surface area contributed by atoms with E-state index in [1.165, 1.54) is 6.92 Å². The summed E-state index contributed by atoms with van der Waals surface area (Å²) in [6.07, 6.45) is 1.11. The normalized spacial score (nSPS) is 12.5. The molecule has 0 aliphatic heterocycles. The van der Waals surface area contributed by atoms with Gasteiger partial charge >= 0.3 is 11.6 Å². The number of fused-ring (bicyclic) bond motifs is 3. The summed E-state index contributed by atoms with van der Waals surface area (Å²) in [6, 6.07) is 12.9. The average Bonchev–Trinajstić information content (AvgIpc) is 2.62. The second kappa shape index (κ2) is 7.23. The monoisotopic (exact) mass is 351 g/mol. The summed E-state index contributed by atoms with van der Waals surface area (Å²) in [5.41, 5.74) is -0.281. The van der Waals surface area contributed by atoms with Crippen molar-refractivity contribution in [3.05, 3.63) is 64.2 Å². The summed E-state index contributed by atoms with van der Waals surface area (Å²) in [5.74, 6) is -0.963. The van der Waals surface area contributed by atoms with Gasteiger partial charge in [-0.05, 0) is 36.8 Å². The SMILES string of the molecule is CCOC(=O)/C(C=Nc1cc2c(ccc3ccccc32)oc1=O)=C(\C)O. The quantitative estimate of drug-likeness (QED) is 0.191. The lowest BCUT2D eigenvalue weighted by atomic mass is 10.1. The van der Waals surface area contributed by atoms with Gasteiger partial charge in [0.05, 0.1) is 6.61 Å². The van der Waals surface area contributed by atoms with Gasteiger partial charge in [0.2, 0.25) is 0 Å². The van der Waals surface area contributed by atoms with Gasteiger partial charge in [0.15, 0.2) is 0 Å². The number of carbonyl (C=O) groups is 1. The molecule has 132 valence electrons. The van der Waals surface area contributed by atoms with E-state index in [2.05, 4.69) is 4.99 Å². The number of hydrogen-bond acceptors (Lipinski definition) is 6. The molecule has 0 fully saturated rings. The van der Waals surface area contributed by atoms with E-state index >= 15 is 0 Å². The Balaban J connectivity index is 2.11. The number of allylic oxidation sites excluding steroid dienone is 1. The molecule has 1 heterocycles. The predicted octanol–water partition coefficient (Wildman–Crippen LogP) is 4.04. The summed E-state index contributed by atoms with van der Waals surface area (Å²) in [5, 5.41) is 12.3. The lowest BCUT2D eigenvalue weighted by Crippen LogP contribution is -2.11. The fourth-order valence-electron chi connectivity index (χ4n) is 2.59. The maximum Gasteiger partial charge on any atom is 0.362 e. The molecule has 0 aliphatic rings. The zero-order valence-corrected chi connectivity index (χ0v) is 14.4. The van der Waals surface area contributed by atoms with Crippen LogP contribution in [-0.4, -0.2) is 23.9 Å². The first-order valence-electron chi connectivity index (χ1n) is 8.08. The van der Waals surface area contributed by atoms with E-state index in [4.69, 9.17) is 9.15 Å². The fourth-order valence-corrected chi connectivity index (χ4v) is 2.59. The zero-order chi connectivity index (χ0) is 18.7. The van der Waals surface area contributed by atoms with Gasteiger partial charge in [-0.25, -0.2) is 14.6 Å². The van der Waals surface area contributed by atoms with Crippen molar-refractivity contribution >= 4 is 39.6 Å². The minimum Gasteiger partial charge on any atom is -0.512 e. The Hall–Kier alpha value is -3.41. The molecule has 3 aromatic rings. The van der Waals surface area contributed by atoms with Gasteiger partial charge in [0.1, 0.15) is 22.6 Å². The Kier molecular flexibility index (Phi) is 4.84. The molecule has 0 bridgehead atoms. The Bertz CT molecular complexity index is 1100. The van der Waals surface area contributed by atoms with Crippen molar-refractivity contribution in [2.24, 2.45) is 4.99 Å². The second-order valence-corrected chi connectivity index (χ2v) is 5.60. The highest BCUT2D eigenvalue weighted by molar-refractivity contribution is 6.11. The summed E-state index contributed by atoms with van der Waals surface area (Å²) >= 11 is 0. The summed E-state index contributed by atoms with van der Waals surface area (Å²) < 4.78 is 10.2. The van der Waals surface area contributed by atoms with Crippen LogP contribution in [0.15, 0.2) is 68.0 Å². The van der Waals surface area contributed by atoms with Gasteiger partial charge in [-0.3, -0.25) is 0 Å². The number of benzene rings is 2. The molecule has 0 atom stereocenters. The second-order valence-electron chi connectivity index (χ2n) is 5.60. The minimum absolute atomic E-state index is 0.0249. The van der Waals surface area contributed by atoms with Crippen LogP contribution in [0.2, 0.25) is 0 Å². The van der Waals surface area contributed by atoms with Crippen molar-refractivity contribution in [1.82, 2.24) is 0 Å². The number of nitrogens with zero attached hydrogens (tertiary/aromatic N) is 1. The molecule has 0 saturated carbocycles. The molecular formula is C20H17NO5. The van der Waals surface area contributed by atoms with Crippen LogP contribution >= 0.6 is 0 Å². The van der Waals surface area contributed by atoms with Crippen LogP contribution < -0.4 is 5.63 Å². The first-order valence-corrected chi connectivity index (χ1v) is 8.08. The van der Waals surface area contributed by atoms with Crippen LogP contribution in [0.4, 0.5) is 5.69 Å². The molecule has 26 heavy (non-hydrogen) atoms. The Labute approximate surface area is 149 Å². The van der Waals surface area contributed by atoms with Gasteiger partial charge in [0, 0.05) is 11.6 Å². The number of aliphatic hydroxyl groups excluding tert-OH is 1. The van der Waals surface area contributed by atoms with E-state index in [1.807, 2.05) is 30.3 Å². The number of aliphatic hydroxyl groups is 1. The molecule has 6 nitrogen and oxygen atoms in total. The predicted molar refractivity (Wildman–Crippen MR) is 100 cm³/mol. The van der Waals surface area contributed by atoms with E-state index in [-0.39, 0.29) is 23.6 Å². The van der Waals surface area contributed by atoms with Crippen molar-refractivity contribution in [2.75, 3.05) is 6.61 Å². The lowest BCUT2D eigenvalue weighted by Gasteiger charge is -2.04. The van der Waals surface area contributed by atoms with Gasteiger partial charge in [-0.1, -0.05) is 30.3 Å². The lowest BCUT2D eigenvalue weighted by molar-refractivity contribution is -0.138. The molecule has 1 N–H and O–H groups in total. The van der Waals surface area contributed by atoms with Crippen molar-refractivity contribution in [2.45, 2.75) is 13.8 Å². The summed E-state index contributed by atoms with van der Waals surface area (Å²) in [6.45, 7) is 3.16. The fraction of sp³-hybridized carbons (Fsp3) is 0.150. The van der Waals surface area contributed by atoms with E-state index in [0.717, 1.165) is 22.4 Å². The van der Waals surface area contributed by atoms with Gasteiger partial charge < -0.3 is 14.3 Å². The van der Waals surface area contributed by atoms with Gasteiger partial charge in [-0.15, -0.1) is 0 Å². The molecule has 3 rings (SSSR count). The van der Waals surface area contributed by atoms with Gasteiger partial charge in [-0.2, -0.15) is 0 Å². The Morgan fingerprint density at radius 1 is 1.23 bits per heavy atom. The third kappa shape index (κ3) is 3.35. The highest BCUT2D eigenvalue weighted by Gasteiger charge is 2.13. The minimum atomic E-state index is -0.716. The highest BCUT2D eigenvalue weighted by Crippen LogP contribution is 2.26. The van der Waals surface area contributed by atoms with E-state index in [0.29, 0.717) is 5.58 Å². The van der Waals surface area contributed by atoms with Crippen molar-refractivity contribution < 1.29 is 19.1 Å². The first-order chi connectivity index (χ1) is 12.5. The number of hydrogen-bond donors (Lipinski definition) is 1. The van der Waals surface area contributed by atoms with E-state index in [9.17, 15) is 14.7 Å². The molecule has 1 aromatic heterocycles. The molecular weight excluding hydrogens is 334 g/mol. The van der Waals surface area contributed by atoms with Crippen LogP contribution in [0.3, 0.4) is 0 Å². The highest BCUT2D eigenvalue weighted by atomic mass is 16.5. The van der Waals surface area contributed by atoms with Gasteiger partial charge in [0.25, 0.3) is 0 Å². The molecule has 0 radical (unpaired) electrons. The third-order valence-corrected chi connectivity index (χ3v) is 3.84. The molecule has 0 aliphatic carbocycles. The van der Waals surface area contributed by atoms with Crippen LogP contribution in [0, 0.1) is 0 Å². The molecule has 0 saturated heterocycles. The number of ether oxygens (including phenoxy) is 1. The molecule has 0 unspecified atom stereocenters. The standard InChI is InChI=1S/C20H17NO5/c1-3-25-19(23)16(12(2)22)11-21-17-10-15-14-7-5-4-6-13(14)8-9-18(15)26-20(17)24/h4-11,22H,3H2,1-2H3/b16-12+,21-11?. The maximum absolute atomic E-state index is 12.2. The van der Waals surface area contributed by atoms with Crippen molar-refractivity contribution in [3.8, 4) is 0 Å². The number of esters is 1. The van der Waals surface area contributed by atoms with E-state index in [1.54, 1.807) is 19.1 Å². The molecule has 0 spiro atoms. The summed E-state index contributed by atoms with van der Waals surface area (Å²) in [4.78, 5) is 28.1. The van der Waals surface area contributed by atoms with Crippen LogP contribution in [0.25, 0.3) is 21.7 Å². The third-order valence-electron chi connectivity index (χ3n) is 3.84. The van der Waals surface area contributed by atoms with Crippen LogP contribution in [-0.2, 0) is 9.53 Å². The summed E-state index contributed by atoms with van der Waals surface area (Å²) in [7, 11) is 0. The number of carbonyl (C=O) groups excluding carboxylic acids is 1. The molecule has 6 heteroatoms. The molecule has 0 amide bonds. The topological polar surface area (TPSA) is 89.1 Å². The average molecular weight is 351 g/mol. The number of aliphatic imine (C=N–C) groups is 1. The zero-order valence-electron chi connectivity index (χ0n) is 14.4. The van der Waals surface area contributed by atoms with Crippen molar-refractivity contribution in [1.29, 1.82) is 0 Å². The largest absolute Gasteiger partial charge is 0.512 e. The van der Waals surface area contributed by atoms with Crippen LogP contribution in [0.1, 0.15) is 13.8 Å².